The molecule has 1 heterocycles. The molecule has 7 heteroatoms. The molecule has 0 fully saturated rings. The lowest BCUT2D eigenvalue weighted by Crippen LogP contribution is -2.22. The number of sulfonamides is 1. The van der Waals surface area contributed by atoms with E-state index in [1.165, 1.54) is 11.0 Å². The van der Waals surface area contributed by atoms with Crippen molar-refractivity contribution in [3.63, 3.8) is 0 Å². The van der Waals surface area contributed by atoms with Gasteiger partial charge in [0.05, 0.1) is 5.02 Å². The Morgan fingerprint density at radius 1 is 1.53 bits per heavy atom. The molecule has 1 aliphatic heterocycles. The van der Waals surface area contributed by atoms with Gasteiger partial charge in [0.2, 0.25) is 0 Å². The molecule has 0 unspecified atom stereocenters. The molecule has 2 N–H and O–H groups in total. The van der Waals surface area contributed by atoms with E-state index in [9.17, 15) is 8.42 Å². The summed E-state index contributed by atoms with van der Waals surface area (Å²) in [6.07, 6.45) is 0.857. The number of nitrogens with zero attached hydrogens (tertiary/aromatic N) is 1. The molecule has 0 aliphatic carbocycles. The molecular weight excluding hydrogens is 264 g/mol. The number of nitrogens with one attached hydrogen (secondary N) is 1. The van der Waals surface area contributed by atoms with Gasteiger partial charge in [0, 0.05) is 18.8 Å². The van der Waals surface area contributed by atoms with E-state index in [4.69, 9.17) is 16.8 Å². The van der Waals surface area contributed by atoms with Gasteiger partial charge >= 0.3 is 0 Å². The largest absolute Gasteiger partial charge is 0.371 e. The molecule has 0 atom stereocenters. The van der Waals surface area contributed by atoms with Gasteiger partial charge in [0.1, 0.15) is 4.90 Å². The van der Waals surface area contributed by atoms with Crippen molar-refractivity contribution in [1.82, 2.24) is 4.89 Å². The second-order valence-corrected chi connectivity index (χ2v) is 5.87. The van der Waals surface area contributed by atoms with Crippen molar-refractivity contribution in [2.45, 2.75) is 18.2 Å². The summed E-state index contributed by atoms with van der Waals surface area (Å²) in [6.45, 7) is 3.67. The van der Waals surface area contributed by atoms with E-state index in [0.29, 0.717) is 0 Å². The highest BCUT2D eigenvalue weighted by molar-refractivity contribution is 7.89. The summed E-state index contributed by atoms with van der Waals surface area (Å²) in [5, 5.41) is 8.76. The van der Waals surface area contributed by atoms with Crippen molar-refractivity contribution < 1.29 is 13.6 Å². The summed E-state index contributed by atoms with van der Waals surface area (Å²) < 4.78 is 23.1. The van der Waals surface area contributed by atoms with Gasteiger partial charge in [-0.25, -0.2) is 8.42 Å². The van der Waals surface area contributed by atoms with Crippen molar-refractivity contribution in [2.75, 3.05) is 18.0 Å². The first-order valence-electron chi connectivity index (χ1n) is 5.23. The molecule has 1 aromatic rings. The maximum atomic E-state index is 11.6. The van der Waals surface area contributed by atoms with Gasteiger partial charge in [-0.2, -0.15) is 0 Å². The average Bonchev–Trinajstić information content (AvgIpc) is 2.69. The third-order valence-corrected chi connectivity index (χ3v) is 4.50. The Hall–Kier alpha value is -0.820. The molecule has 0 bridgehead atoms. The standard InChI is InChI=1S/C10H13ClN2O3S/c1-2-13-4-3-7-5-8(11)10(6-9(7)13)17(15,16)12-14/h5-6,12,14H,2-4H2,1H3. The molecule has 0 saturated carbocycles. The Labute approximate surface area is 105 Å². The third-order valence-electron chi connectivity index (χ3n) is 2.92. The Bertz CT molecular complexity index is 545. The highest BCUT2D eigenvalue weighted by Crippen LogP contribution is 2.34. The fourth-order valence-electron chi connectivity index (χ4n) is 2.04. The lowest BCUT2D eigenvalue weighted by molar-refractivity contribution is 0.242. The van der Waals surface area contributed by atoms with Crippen molar-refractivity contribution >= 4 is 27.3 Å². The first kappa shape index (κ1) is 12.6. The SMILES string of the molecule is CCN1CCc2cc(Cl)c(S(=O)(=O)NO)cc21. The molecule has 0 amide bonds. The van der Waals surface area contributed by atoms with Crippen molar-refractivity contribution in [1.29, 1.82) is 0 Å². The molecule has 0 saturated heterocycles. The number of rotatable bonds is 3. The summed E-state index contributed by atoms with van der Waals surface area (Å²) >= 11 is 5.91. The normalized spacial score (nSPS) is 15.1. The van der Waals surface area contributed by atoms with Crippen LogP contribution in [0.15, 0.2) is 17.0 Å². The van der Waals surface area contributed by atoms with Crippen LogP contribution in [0.1, 0.15) is 12.5 Å². The maximum absolute atomic E-state index is 11.6. The smallest absolute Gasteiger partial charge is 0.263 e. The van der Waals surface area contributed by atoms with Gasteiger partial charge in [-0.3, -0.25) is 0 Å². The van der Waals surface area contributed by atoms with Gasteiger partial charge in [-0.1, -0.05) is 16.5 Å². The Balaban J connectivity index is 2.58. The summed E-state index contributed by atoms with van der Waals surface area (Å²) in [7, 11) is -3.94. The van der Waals surface area contributed by atoms with E-state index < -0.39 is 10.0 Å². The van der Waals surface area contributed by atoms with Crippen LogP contribution in [0, 0.1) is 0 Å². The minimum absolute atomic E-state index is 0.0965. The number of hydrogen-bond donors (Lipinski definition) is 2. The van der Waals surface area contributed by atoms with Gasteiger partial charge in [0.15, 0.2) is 0 Å². The zero-order chi connectivity index (χ0) is 12.6. The summed E-state index contributed by atoms with van der Waals surface area (Å²) in [6, 6.07) is 3.16. The number of hydrogen-bond acceptors (Lipinski definition) is 4. The maximum Gasteiger partial charge on any atom is 0.263 e. The number of benzene rings is 1. The first-order chi connectivity index (χ1) is 7.99. The number of anilines is 1. The van der Waals surface area contributed by atoms with Gasteiger partial charge in [-0.05, 0) is 31.0 Å². The molecule has 0 aromatic heterocycles. The van der Waals surface area contributed by atoms with Crippen LogP contribution >= 0.6 is 11.6 Å². The van der Waals surface area contributed by atoms with Crippen LogP contribution < -0.4 is 9.79 Å². The van der Waals surface area contributed by atoms with Gasteiger partial charge < -0.3 is 10.1 Å². The van der Waals surface area contributed by atoms with Crippen LogP contribution in [-0.2, 0) is 16.4 Å². The van der Waals surface area contributed by atoms with Crippen LogP contribution in [-0.4, -0.2) is 26.7 Å². The predicted octanol–water partition coefficient (Wildman–Crippen LogP) is 1.39. The van der Waals surface area contributed by atoms with Crippen molar-refractivity contribution in [3.05, 3.63) is 22.7 Å². The van der Waals surface area contributed by atoms with Crippen LogP contribution in [0.5, 0.6) is 0 Å². The second-order valence-electron chi connectivity index (χ2n) is 3.84. The second kappa shape index (κ2) is 4.45. The van der Waals surface area contributed by atoms with E-state index in [0.717, 1.165) is 30.8 Å². The Kier molecular flexibility index (Phi) is 3.31. The fraction of sp³-hybridized carbons (Fsp3) is 0.400. The average molecular weight is 277 g/mol. The molecule has 1 aromatic carbocycles. The summed E-state index contributed by atoms with van der Waals surface area (Å²) in [5.41, 5.74) is 1.90. The van der Waals surface area contributed by atoms with Crippen LogP contribution in [0.25, 0.3) is 0 Å². The molecule has 1 aliphatic rings. The highest BCUT2D eigenvalue weighted by Gasteiger charge is 2.24. The van der Waals surface area contributed by atoms with E-state index >= 15 is 0 Å². The lowest BCUT2D eigenvalue weighted by Gasteiger charge is -2.17. The molecule has 0 radical (unpaired) electrons. The highest BCUT2D eigenvalue weighted by atomic mass is 35.5. The van der Waals surface area contributed by atoms with Crippen molar-refractivity contribution in [2.24, 2.45) is 0 Å². The van der Waals surface area contributed by atoms with Crippen LogP contribution in [0.4, 0.5) is 5.69 Å². The predicted molar refractivity (Wildman–Crippen MR) is 65.2 cm³/mol. The van der Waals surface area contributed by atoms with Gasteiger partial charge in [-0.15, -0.1) is 0 Å². The van der Waals surface area contributed by atoms with Crippen LogP contribution in [0.3, 0.4) is 0 Å². The Morgan fingerprint density at radius 3 is 2.82 bits per heavy atom. The summed E-state index contributed by atoms with van der Waals surface area (Å²) in [5.74, 6) is 0. The minimum Gasteiger partial charge on any atom is -0.371 e. The molecular formula is C10H13ClN2O3S. The molecule has 5 nitrogen and oxygen atoms in total. The van der Waals surface area contributed by atoms with E-state index in [-0.39, 0.29) is 9.92 Å². The van der Waals surface area contributed by atoms with E-state index in [1.807, 2.05) is 6.92 Å². The number of fused-ring (bicyclic) bond motifs is 1. The van der Waals surface area contributed by atoms with Gasteiger partial charge in [0.25, 0.3) is 10.0 Å². The quantitative estimate of drug-likeness (QED) is 0.819. The van der Waals surface area contributed by atoms with E-state index in [2.05, 4.69) is 4.90 Å². The number of likely N-dealkylation sites (N-methyl/N-ethyl adjacent to an activating group) is 1. The lowest BCUT2D eigenvalue weighted by atomic mass is 10.2. The van der Waals surface area contributed by atoms with E-state index in [1.54, 1.807) is 6.07 Å². The molecule has 2 rings (SSSR count). The summed E-state index contributed by atoms with van der Waals surface area (Å²) in [4.78, 5) is 3.27. The topological polar surface area (TPSA) is 69.6 Å². The third kappa shape index (κ3) is 2.13. The molecule has 17 heavy (non-hydrogen) atoms. The van der Waals surface area contributed by atoms with Crippen LogP contribution in [0.2, 0.25) is 5.02 Å². The minimum atomic E-state index is -3.94. The molecule has 94 valence electrons. The Morgan fingerprint density at radius 2 is 2.24 bits per heavy atom. The zero-order valence-electron chi connectivity index (χ0n) is 9.27. The fourth-order valence-corrected chi connectivity index (χ4v) is 3.21. The monoisotopic (exact) mass is 276 g/mol. The zero-order valence-corrected chi connectivity index (χ0v) is 10.8. The number of halogens is 1. The van der Waals surface area contributed by atoms with Crippen molar-refractivity contribution in [3.8, 4) is 0 Å². The molecule has 0 spiro atoms. The first-order valence-corrected chi connectivity index (χ1v) is 7.09.